The van der Waals surface area contributed by atoms with Gasteiger partial charge in [-0.1, -0.05) is 23.8 Å². The predicted molar refractivity (Wildman–Crippen MR) is 113 cm³/mol. The molecule has 0 spiro atoms. The molecule has 0 unspecified atom stereocenters. The zero-order valence-corrected chi connectivity index (χ0v) is 17.0. The second-order valence-electron chi connectivity index (χ2n) is 7.75. The maximum absolute atomic E-state index is 13.0. The highest BCUT2D eigenvalue weighted by molar-refractivity contribution is 6.00. The van der Waals surface area contributed by atoms with Crippen LogP contribution in [-0.2, 0) is 9.59 Å². The lowest BCUT2D eigenvalue weighted by Crippen LogP contribution is -2.50. The Morgan fingerprint density at radius 2 is 1.72 bits per heavy atom. The van der Waals surface area contributed by atoms with E-state index in [2.05, 4.69) is 11.0 Å². The molecule has 2 aliphatic rings. The minimum Gasteiger partial charge on any atom is -0.497 e. The second-order valence-corrected chi connectivity index (χ2v) is 7.75. The van der Waals surface area contributed by atoms with Crippen LogP contribution < -0.4 is 14.5 Å². The van der Waals surface area contributed by atoms with Gasteiger partial charge in [-0.15, -0.1) is 0 Å². The molecule has 0 aromatic heterocycles. The molecular weight excluding hydrogens is 366 g/mol. The van der Waals surface area contributed by atoms with Gasteiger partial charge in [0.2, 0.25) is 11.8 Å². The number of amides is 2. The van der Waals surface area contributed by atoms with Crippen molar-refractivity contribution in [3.63, 3.8) is 0 Å². The largest absolute Gasteiger partial charge is 0.497 e. The summed E-state index contributed by atoms with van der Waals surface area (Å²) in [5.41, 5.74) is 3.14. The van der Waals surface area contributed by atoms with Gasteiger partial charge in [0, 0.05) is 56.6 Å². The van der Waals surface area contributed by atoms with Crippen molar-refractivity contribution in [3.8, 4) is 5.75 Å². The normalized spacial score (nSPS) is 19.6. The molecule has 6 heteroatoms. The average molecular weight is 393 g/mol. The number of carbonyl (C=O) groups excluding carboxylic acids is 2. The molecule has 2 aromatic rings. The van der Waals surface area contributed by atoms with Crippen LogP contribution in [0.15, 0.2) is 48.5 Å². The van der Waals surface area contributed by atoms with Crippen LogP contribution in [0.2, 0.25) is 0 Å². The predicted octanol–water partition coefficient (Wildman–Crippen LogP) is 2.71. The second kappa shape index (κ2) is 8.15. The fourth-order valence-electron chi connectivity index (χ4n) is 4.10. The quantitative estimate of drug-likeness (QED) is 0.802. The van der Waals surface area contributed by atoms with E-state index in [4.69, 9.17) is 4.74 Å². The van der Waals surface area contributed by atoms with Crippen molar-refractivity contribution in [2.75, 3.05) is 49.6 Å². The third-order valence-corrected chi connectivity index (χ3v) is 5.83. The number of rotatable bonds is 4. The van der Waals surface area contributed by atoms with Gasteiger partial charge < -0.3 is 19.4 Å². The van der Waals surface area contributed by atoms with E-state index in [-0.39, 0.29) is 17.7 Å². The number of benzene rings is 2. The fraction of sp³-hybridized carbons (Fsp3) is 0.391. The lowest BCUT2D eigenvalue weighted by Gasteiger charge is -2.37. The zero-order chi connectivity index (χ0) is 20.4. The number of hydrogen-bond donors (Lipinski definition) is 0. The summed E-state index contributed by atoms with van der Waals surface area (Å²) in [6.45, 7) is 5.39. The molecular formula is C23H27N3O3. The number of aryl methyl sites for hydroxylation is 1. The molecule has 2 fully saturated rings. The Labute approximate surface area is 171 Å². The highest BCUT2D eigenvalue weighted by Gasteiger charge is 2.37. The SMILES string of the molecule is COc1cccc(N2CCN(C(=O)[C@@H]3CC(=O)N(c4ccc(C)cc4)C3)CC2)c1. The van der Waals surface area contributed by atoms with E-state index in [9.17, 15) is 9.59 Å². The lowest BCUT2D eigenvalue weighted by atomic mass is 10.1. The molecule has 152 valence electrons. The van der Waals surface area contributed by atoms with Crippen LogP contribution >= 0.6 is 0 Å². The maximum Gasteiger partial charge on any atom is 0.228 e. The Hall–Kier alpha value is -3.02. The Morgan fingerprint density at radius 3 is 2.41 bits per heavy atom. The van der Waals surface area contributed by atoms with Crippen LogP contribution in [0.1, 0.15) is 12.0 Å². The first-order valence-corrected chi connectivity index (χ1v) is 10.1. The average Bonchev–Trinajstić information content (AvgIpc) is 3.15. The van der Waals surface area contributed by atoms with Gasteiger partial charge in [0.15, 0.2) is 0 Å². The van der Waals surface area contributed by atoms with Gasteiger partial charge in [-0.25, -0.2) is 0 Å². The van der Waals surface area contributed by atoms with Crippen LogP contribution in [0.5, 0.6) is 5.75 Å². The van der Waals surface area contributed by atoms with Gasteiger partial charge in [-0.05, 0) is 31.2 Å². The number of anilines is 2. The Bertz CT molecular complexity index is 888. The molecule has 29 heavy (non-hydrogen) atoms. The first-order valence-electron chi connectivity index (χ1n) is 10.1. The van der Waals surface area contributed by atoms with Gasteiger partial charge in [-0.2, -0.15) is 0 Å². The van der Waals surface area contributed by atoms with Gasteiger partial charge in [0.25, 0.3) is 0 Å². The summed E-state index contributed by atoms with van der Waals surface area (Å²) in [5, 5.41) is 0. The van der Waals surface area contributed by atoms with Crippen molar-refractivity contribution < 1.29 is 14.3 Å². The Balaban J connectivity index is 1.36. The van der Waals surface area contributed by atoms with Gasteiger partial charge >= 0.3 is 0 Å². The Kier molecular flexibility index (Phi) is 5.43. The molecule has 0 aliphatic carbocycles. The van der Waals surface area contributed by atoms with Crippen LogP contribution in [0, 0.1) is 12.8 Å². The molecule has 0 bridgehead atoms. The van der Waals surface area contributed by atoms with E-state index in [1.54, 1.807) is 12.0 Å². The maximum atomic E-state index is 13.0. The standard InChI is InChI=1S/C23H27N3O3/c1-17-6-8-19(9-7-17)26-16-18(14-22(26)27)23(28)25-12-10-24(11-13-25)20-4-3-5-21(15-20)29-2/h3-9,15,18H,10-14,16H2,1-2H3/t18-/m1/s1. The highest BCUT2D eigenvalue weighted by atomic mass is 16.5. The van der Waals surface area contributed by atoms with E-state index in [0.717, 1.165) is 35.8 Å². The molecule has 0 N–H and O–H groups in total. The summed E-state index contributed by atoms with van der Waals surface area (Å²) in [6, 6.07) is 15.9. The third kappa shape index (κ3) is 4.06. The van der Waals surface area contributed by atoms with E-state index in [1.165, 1.54) is 0 Å². The van der Waals surface area contributed by atoms with E-state index in [1.807, 2.05) is 54.3 Å². The lowest BCUT2D eigenvalue weighted by molar-refractivity contribution is -0.136. The minimum atomic E-state index is -0.257. The van der Waals surface area contributed by atoms with Crippen LogP contribution in [0.3, 0.4) is 0 Å². The number of piperazine rings is 1. The van der Waals surface area contributed by atoms with Crippen LogP contribution in [-0.4, -0.2) is 56.5 Å². The zero-order valence-electron chi connectivity index (χ0n) is 17.0. The van der Waals surface area contributed by atoms with Gasteiger partial charge in [0.05, 0.1) is 13.0 Å². The number of hydrogen-bond acceptors (Lipinski definition) is 4. The number of methoxy groups -OCH3 is 1. The third-order valence-electron chi connectivity index (χ3n) is 5.83. The van der Waals surface area contributed by atoms with Crippen LogP contribution in [0.25, 0.3) is 0 Å². The molecule has 0 radical (unpaired) electrons. The molecule has 2 aliphatic heterocycles. The molecule has 0 saturated carbocycles. The monoisotopic (exact) mass is 393 g/mol. The van der Waals surface area contributed by atoms with Crippen molar-refractivity contribution >= 4 is 23.2 Å². The van der Waals surface area contributed by atoms with Crippen molar-refractivity contribution in [1.82, 2.24) is 4.90 Å². The topological polar surface area (TPSA) is 53.1 Å². The summed E-state index contributed by atoms with van der Waals surface area (Å²) < 4.78 is 5.31. The minimum absolute atomic E-state index is 0.0298. The molecule has 2 saturated heterocycles. The van der Waals surface area contributed by atoms with Gasteiger partial charge in [0.1, 0.15) is 5.75 Å². The van der Waals surface area contributed by atoms with Gasteiger partial charge in [-0.3, -0.25) is 9.59 Å². The van der Waals surface area contributed by atoms with Crippen molar-refractivity contribution in [2.24, 2.45) is 5.92 Å². The molecule has 2 aromatic carbocycles. The molecule has 2 amide bonds. The van der Waals surface area contributed by atoms with E-state index >= 15 is 0 Å². The molecule has 2 heterocycles. The van der Waals surface area contributed by atoms with Crippen molar-refractivity contribution in [2.45, 2.75) is 13.3 Å². The number of carbonyl (C=O) groups is 2. The Morgan fingerprint density at radius 1 is 1.00 bits per heavy atom. The molecule has 6 nitrogen and oxygen atoms in total. The smallest absolute Gasteiger partial charge is 0.228 e. The van der Waals surface area contributed by atoms with Crippen molar-refractivity contribution in [3.05, 3.63) is 54.1 Å². The van der Waals surface area contributed by atoms with E-state index in [0.29, 0.717) is 26.1 Å². The number of nitrogens with zero attached hydrogens (tertiary/aromatic N) is 3. The van der Waals surface area contributed by atoms with Crippen molar-refractivity contribution in [1.29, 1.82) is 0 Å². The molecule has 1 atom stereocenters. The summed E-state index contributed by atoms with van der Waals surface area (Å²) in [6.07, 6.45) is 0.294. The highest BCUT2D eigenvalue weighted by Crippen LogP contribution is 2.28. The number of ether oxygens (including phenoxy) is 1. The summed E-state index contributed by atoms with van der Waals surface area (Å²) in [7, 11) is 1.67. The first-order chi connectivity index (χ1) is 14.0. The fourth-order valence-corrected chi connectivity index (χ4v) is 4.10. The van der Waals surface area contributed by atoms with Crippen LogP contribution in [0.4, 0.5) is 11.4 Å². The molecule has 4 rings (SSSR count). The van der Waals surface area contributed by atoms with E-state index < -0.39 is 0 Å². The summed E-state index contributed by atoms with van der Waals surface area (Å²) in [5.74, 6) is 0.703. The summed E-state index contributed by atoms with van der Waals surface area (Å²) in [4.78, 5) is 31.4. The first kappa shape index (κ1) is 19.3. The summed E-state index contributed by atoms with van der Waals surface area (Å²) >= 11 is 0.